The lowest BCUT2D eigenvalue weighted by molar-refractivity contribution is -0.567. The number of hydrogen-bond acceptors (Lipinski definition) is 5. The van der Waals surface area contributed by atoms with Gasteiger partial charge < -0.3 is 9.16 Å². The number of hydrogen-bond donors (Lipinski definition) is 0. The standard InChI is InChI=1S/C14H29NO5Si/c1-10(2)11(13(16)19-6)9-12(15(17)18)20-21(7,8)14(3,4)5/h10-12H,9H2,1-8H3/t11-,12-/m0/s1. The van der Waals surface area contributed by atoms with E-state index in [4.69, 9.17) is 9.16 Å². The number of esters is 1. The van der Waals surface area contributed by atoms with Gasteiger partial charge in [-0.3, -0.25) is 14.9 Å². The molecule has 0 N–H and O–H groups in total. The summed E-state index contributed by atoms with van der Waals surface area (Å²) in [5.74, 6) is -0.992. The summed E-state index contributed by atoms with van der Waals surface area (Å²) < 4.78 is 10.6. The molecule has 0 amide bonds. The quantitative estimate of drug-likeness (QED) is 0.236. The second kappa shape index (κ2) is 7.35. The Bertz CT molecular complexity index is 376. The lowest BCUT2D eigenvalue weighted by Crippen LogP contribution is -2.47. The molecule has 0 radical (unpaired) electrons. The van der Waals surface area contributed by atoms with Crippen LogP contribution >= 0.6 is 0 Å². The molecular weight excluding hydrogens is 290 g/mol. The van der Waals surface area contributed by atoms with E-state index in [9.17, 15) is 14.9 Å². The molecule has 0 rings (SSSR count). The van der Waals surface area contributed by atoms with Crippen molar-refractivity contribution in [3.05, 3.63) is 10.1 Å². The topological polar surface area (TPSA) is 78.7 Å². The fourth-order valence-electron chi connectivity index (χ4n) is 1.70. The predicted molar refractivity (Wildman–Crippen MR) is 84.0 cm³/mol. The van der Waals surface area contributed by atoms with Gasteiger partial charge in [-0.1, -0.05) is 34.6 Å². The number of ether oxygens (including phenoxy) is 1. The van der Waals surface area contributed by atoms with Crippen molar-refractivity contribution < 1.29 is 18.9 Å². The van der Waals surface area contributed by atoms with E-state index in [0.29, 0.717) is 0 Å². The first kappa shape index (κ1) is 20.0. The molecule has 0 spiro atoms. The van der Waals surface area contributed by atoms with Crippen molar-refractivity contribution in [3.8, 4) is 0 Å². The smallest absolute Gasteiger partial charge is 0.309 e. The lowest BCUT2D eigenvalue weighted by Gasteiger charge is -2.37. The zero-order valence-electron chi connectivity index (χ0n) is 14.4. The molecule has 124 valence electrons. The zero-order chi connectivity index (χ0) is 17.0. The Balaban J connectivity index is 5.17. The molecule has 0 aromatic rings. The Labute approximate surface area is 128 Å². The van der Waals surface area contributed by atoms with E-state index in [2.05, 4.69) is 0 Å². The van der Waals surface area contributed by atoms with E-state index in [1.54, 1.807) is 0 Å². The van der Waals surface area contributed by atoms with E-state index >= 15 is 0 Å². The van der Waals surface area contributed by atoms with E-state index in [-0.39, 0.29) is 17.4 Å². The first-order valence-electron chi connectivity index (χ1n) is 7.22. The number of nitro groups is 1. The molecular formula is C14H29NO5Si. The van der Waals surface area contributed by atoms with Gasteiger partial charge in [-0.15, -0.1) is 0 Å². The summed E-state index contributed by atoms with van der Waals surface area (Å²) in [5.41, 5.74) is 0. The van der Waals surface area contributed by atoms with Gasteiger partial charge in [0.15, 0.2) is 0 Å². The van der Waals surface area contributed by atoms with Crippen LogP contribution in [0, 0.1) is 22.0 Å². The Morgan fingerprint density at radius 1 is 1.29 bits per heavy atom. The number of carbonyl (C=O) groups is 1. The summed E-state index contributed by atoms with van der Waals surface area (Å²) in [4.78, 5) is 22.7. The number of nitrogens with zero attached hydrogens (tertiary/aromatic N) is 1. The van der Waals surface area contributed by atoms with Crippen LogP contribution in [0.4, 0.5) is 0 Å². The van der Waals surface area contributed by atoms with E-state index in [1.807, 2.05) is 47.7 Å². The van der Waals surface area contributed by atoms with Gasteiger partial charge in [0.25, 0.3) is 0 Å². The number of methoxy groups -OCH3 is 1. The summed E-state index contributed by atoms with van der Waals surface area (Å²) in [5, 5.41) is 11.2. The minimum absolute atomic E-state index is 0.0390. The molecule has 2 atom stereocenters. The van der Waals surface area contributed by atoms with Crippen molar-refractivity contribution in [1.29, 1.82) is 0 Å². The summed E-state index contributed by atoms with van der Waals surface area (Å²) in [6.07, 6.45) is -1.12. The second-order valence-electron chi connectivity index (χ2n) is 7.23. The Morgan fingerprint density at radius 3 is 2.05 bits per heavy atom. The highest BCUT2D eigenvalue weighted by atomic mass is 28.4. The molecule has 0 saturated heterocycles. The molecule has 0 unspecified atom stereocenters. The van der Waals surface area contributed by atoms with Crippen LogP contribution in [0.2, 0.25) is 18.1 Å². The molecule has 0 aromatic carbocycles. The SMILES string of the molecule is COC(=O)[C@@H](C[C@H](O[Si](C)(C)C(C)(C)C)[N+](=O)[O-])C(C)C. The fraction of sp³-hybridized carbons (Fsp3) is 0.929. The molecule has 0 bridgehead atoms. The maximum Gasteiger partial charge on any atom is 0.309 e. The third-order valence-corrected chi connectivity index (χ3v) is 8.71. The van der Waals surface area contributed by atoms with Crippen LogP contribution in [-0.2, 0) is 14.0 Å². The molecule has 0 saturated carbocycles. The first-order chi connectivity index (χ1) is 9.33. The van der Waals surface area contributed by atoms with Crippen molar-refractivity contribution in [2.45, 2.75) is 65.4 Å². The van der Waals surface area contributed by atoms with Crippen LogP contribution in [0.15, 0.2) is 0 Å². The molecule has 0 aliphatic carbocycles. The van der Waals surface area contributed by atoms with Gasteiger partial charge in [0, 0.05) is 0 Å². The molecule has 7 heteroatoms. The average molecular weight is 319 g/mol. The number of carbonyl (C=O) groups excluding carboxylic acids is 1. The van der Waals surface area contributed by atoms with Crippen LogP contribution in [0.25, 0.3) is 0 Å². The third-order valence-electron chi connectivity index (χ3n) is 4.24. The highest BCUT2D eigenvalue weighted by Crippen LogP contribution is 2.38. The minimum Gasteiger partial charge on any atom is -0.469 e. The van der Waals surface area contributed by atoms with Gasteiger partial charge in [0.05, 0.1) is 24.4 Å². The maximum absolute atomic E-state index is 11.8. The van der Waals surface area contributed by atoms with E-state index in [1.165, 1.54) is 7.11 Å². The highest BCUT2D eigenvalue weighted by Gasteiger charge is 2.44. The van der Waals surface area contributed by atoms with Gasteiger partial charge in [0.2, 0.25) is 8.32 Å². The first-order valence-corrected chi connectivity index (χ1v) is 10.1. The maximum atomic E-state index is 11.8. The normalized spacial score (nSPS) is 15.7. The predicted octanol–water partition coefficient (Wildman–Crippen LogP) is 3.45. The van der Waals surface area contributed by atoms with Gasteiger partial charge in [-0.05, 0) is 24.1 Å². The number of rotatable bonds is 7. The average Bonchev–Trinajstić information content (AvgIpc) is 2.31. The van der Waals surface area contributed by atoms with Crippen LogP contribution in [0.1, 0.15) is 41.0 Å². The van der Waals surface area contributed by atoms with Crippen molar-refractivity contribution >= 4 is 14.3 Å². The lowest BCUT2D eigenvalue weighted by atomic mass is 9.92. The van der Waals surface area contributed by atoms with Crippen LogP contribution < -0.4 is 0 Å². The van der Waals surface area contributed by atoms with Crippen LogP contribution in [-0.4, -0.2) is 32.5 Å². The minimum atomic E-state index is -2.27. The third kappa shape index (κ3) is 5.74. The zero-order valence-corrected chi connectivity index (χ0v) is 15.4. The summed E-state index contributed by atoms with van der Waals surface area (Å²) in [6, 6.07) is 0. The second-order valence-corrected chi connectivity index (χ2v) is 12.0. The largest absolute Gasteiger partial charge is 0.469 e. The van der Waals surface area contributed by atoms with E-state index in [0.717, 1.165) is 0 Å². The van der Waals surface area contributed by atoms with Crippen LogP contribution in [0.5, 0.6) is 0 Å². The van der Waals surface area contributed by atoms with Crippen molar-refractivity contribution in [2.75, 3.05) is 7.11 Å². The fourth-order valence-corrected chi connectivity index (χ4v) is 2.92. The van der Waals surface area contributed by atoms with E-state index < -0.39 is 31.4 Å². The molecule has 0 fully saturated rings. The Kier molecular flexibility index (Phi) is 7.02. The highest BCUT2D eigenvalue weighted by molar-refractivity contribution is 6.74. The molecule has 0 aromatic heterocycles. The van der Waals surface area contributed by atoms with Gasteiger partial charge in [-0.2, -0.15) is 0 Å². The van der Waals surface area contributed by atoms with Crippen LogP contribution in [0.3, 0.4) is 0 Å². The summed E-state index contributed by atoms with van der Waals surface area (Å²) in [6.45, 7) is 13.7. The van der Waals surface area contributed by atoms with Gasteiger partial charge in [0.1, 0.15) is 0 Å². The van der Waals surface area contributed by atoms with Crippen molar-refractivity contribution in [3.63, 3.8) is 0 Å². The molecule has 6 nitrogen and oxygen atoms in total. The Hall–Kier alpha value is -0.953. The summed E-state index contributed by atoms with van der Waals surface area (Å²) >= 11 is 0. The molecule has 0 heterocycles. The molecule has 0 aliphatic rings. The van der Waals surface area contributed by atoms with Crippen molar-refractivity contribution in [1.82, 2.24) is 0 Å². The Morgan fingerprint density at radius 2 is 1.76 bits per heavy atom. The monoisotopic (exact) mass is 319 g/mol. The van der Waals surface area contributed by atoms with Crippen molar-refractivity contribution in [2.24, 2.45) is 11.8 Å². The van der Waals surface area contributed by atoms with Gasteiger partial charge in [-0.25, -0.2) is 0 Å². The van der Waals surface area contributed by atoms with Gasteiger partial charge >= 0.3 is 12.2 Å². The summed E-state index contributed by atoms with van der Waals surface area (Å²) in [7, 11) is -0.972. The molecule has 0 aliphatic heterocycles. The molecule has 21 heavy (non-hydrogen) atoms.